The number of nitrogen functional groups attached to an aromatic ring is 1. The van der Waals surface area contributed by atoms with Crippen LogP contribution < -0.4 is 10.6 Å². The zero-order chi connectivity index (χ0) is 13.8. The first-order chi connectivity index (χ1) is 9.10. The fourth-order valence-corrected chi connectivity index (χ4v) is 2.68. The maximum Gasteiger partial charge on any atom is 0.0602 e. The van der Waals surface area contributed by atoms with Gasteiger partial charge in [0.1, 0.15) is 0 Å². The number of rotatable bonds is 4. The Balaban J connectivity index is 2.25. The summed E-state index contributed by atoms with van der Waals surface area (Å²) in [6, 6.07) is 12.0. The molecule has 0 aliphatic rings. The van der Waals surface area contributed by atoms with Gasteiger partial charge in [0.15, 0.2) is 0 Å². The summed E-state index contributed by atoms with van der Waals surface area (Å²) >= 11 is 3.57. The molecule has 4 heteroatoms. The van der Waals surface area contributed by atoms with Gasteiger partial charge in [-0.1, -0.05) is 6.07 Å². The van der Waals surface area contributed by atoms with Gasteiger partial charge in [-0.15, -0.1) is 0 Å². The number of nitrogens with two attached hydrogens (primary N) is 1. The van der Waals surface area contributed by atoms with Gasteiger partial charge in [-0.2, -0.15) is 0 Å². The number of hydrogen-bond acceptors (Lipinski definition) is 3. The second-order valence-corrected chi connectivity index (χ2v) is 5.35. The van der Waals surface area contributed by atoms with E-state index < -0.39 is 0 Å². The maximum atomic E-state index is 5.78. The predicted octanol–water partition coefficient (Wildman–Crippen LogP) is 3.76. The van der Waals surface area contributed by atoms with Crippen LogP contribution in [0.25, 0.3) is 0 Å². The van der Waals surface area contributed by atoms with Crippen molar-refractivity contribution in [1.82, 2.24) is 4.98 Å². The average Bonchev–Trinajstić information content (AvgIpc) is 2.37. The third-order valence-corrected chi connectivity index (χ3v) is 3.63. The van der Waals surface area contributed by atoms with Crippen LogP contribution in [0.4, 0.5) is 11.4 Å². The van der Waals surface area contributed by atoms with Gasteiger partial charge >= 0.3 is 0 Å². The number of aryl methyl sites for hydroxylation is 1. The first kappa shape index (κ1) is 13.9. The number of pyridine rings is 1. The van der Waals surface area contributed by atoms with Crippen LogP contribution in [0.15, 0.2) is 40.9 Å². The lowest BCUT2D eigenvalue weighted by molar-refractivity contribution is 0.804. The van der Waals surface area contributed by atoms with E-state index in [0.717, 1.165) is 40.3 Å². The molecule has 1 aromatic heterocycles. The average molecular weight is 320 g/mol. The van der Waals surface area contributed by atoms with Crippen LogP contribution in [0.2, 0.25) is 0 Å². The van der Waals surface area contributed by atoms with Crippen LogP contribution in [0.1, 0.15) is 18.3 Å². The van der Waals surface area contributed by atoms with Crippen LogP contribution in [0.5, 0.6) is 0 Å². The van der Waals surface area contributed by atoms with Gasteiger partial charge in [-0.05, 0) is 60.1 Å². The van der Waals surface area contributed by atoms with Crippen LogP contribution in [0, 0.1) is 6.92 Å². The first-order valence-electron chi connectivity index (χ1n) is 6.32. The minimum atomic E-state index is 0.764. The van der Waals surface area contributed by atoms with Crippen LogP contribution in [0.3, 0.4) is 0 Å². The van der Waals surface area contributed by atoms with Crippen molar-refractivity contribution in [1.29, 1.82) is 0 Å². The van der Waals surface area contributed by atoms with E-state index in [-0.39, 0.29) is 0 Å². The highest BCUT2D eigenvalue weighted by Gasteiger charge is 2.10. The summed E-state index contributed by atoms with van der Waals surface area (Å²) in [6.45, 7) is 5.86. The Labute approximate surface area is 122 Å². The Bertz CT molecular complexity index is 569. The van der Waals surface area contributed by atoms with Gasteiger partial charge in [-0.25, -0.2) is 0 Å². The zero-order valence-corrected chi connectivity index (χ0v) is 12.8. The molecule has 0 aliphatic carbocycles. The van der Waals surface area contributed by atoms with E-state index in [1.165, 1.54) is 0 Å². The summed E-state index contributed by atoms with van der Waals surface area (Å²) in [7, 11) is 0. The lowest BCUT2D eigenvalue weighted by Gasteiger charge is -2.24. The molecule has 3 nitrogen and oxygen atoms in total. The molecule has 2 N–H and O–H groups in total. The molecule has 0 saturated carbocycles. The molecule has 1 heterocycles. The molecule has 0 bridgehead atoms. The fraction of sp³-hybridized carbons (Fsp3) is 0.267. The first-order valence-corrected chi connectivity index (χ1v) is 7.12. The summed E-state index contributed by atoms with van der Waals surface area (Å²) in [6.07, 6.45) is 0. The molecule has 19 heavy (non-hydrogen) atoms. The van der Waals surface area contributed by atoms with E-state index in [0.29, 0.717) is 0 Å². The molecule has 2 aromatic rings. The molecular weight excluding hydrogens is 302 g/mol. The molecule has 2 rings (SSSR count). The van der Waals surface area contributed by atoms with E-state index in [9.17, 15) is 0 Å². The third-order valence-electron chi connectivity index (χ3n) is 2.99. The number of hydrogen-bond donors (Lipinski definition) is 1. The van der Waals surface area contributed by atoms with Crippen LogP contribution >= 0.6 is 15.9 Å². The summed E-state index contributed by atoms with van der Waals surface area (Å²) in [5.74, 6) is 0. The SMILES string of the molecule is CCN(Cc1cccc(C)n1)c1ccc(N)cc1Br. The number of benzene rings is 1. The van der Waals surface area contributed by atoms with E-state index in [4.69, 9.17) is 5.73 Å². The van der Waals surface area contributed by atoms with Crippen LogP contribution in [-0.2, 0) is 6.54 Å². The van der Waals surface area contributed by atoms with Crippen molar-refractivity contribution in [2.24, 2.45) is 0 Å². The quantitative estimate of drug-likeness (QED) is 0.872. The Hall–Kier alpha value is -1.55. The van der Waals surface area contributed by atoms with E-state index in [2.05, 4.69) is 38.8 Å². The lowest BCUT2D eigenvalue weighted by Crippen LogP contribution is -2.23. The van der Waals surface area contributed by atoms with E-state index in [1.807, 2.05) is 37.3 Å². The monoisotopic (exact) mass is 319 g/mol. The van der Waals surface area contributed by atoms with E-state index in [1.54, 1.807) is 0 Å². The Kier molecular flexibility index (Phi) is 4.43. The standard InChI is InChI=1S/C15H18BrN3/c1-3-19(10-13-6-4-5-11(2)18-13)15-8-7-12(17)9-14(15)16/h4-9H,3,10,17H2,1-2H3. The van der Waals surface area contributed by atoms with Crippen molar-refractivity contribution in [3.05, 3.63) is 52.3 Å². The van der Waals surface area contributed by atoms with Gasteiger partial charge in [0, 0.05) is 22.4 Å². The molecule has 0 fully saturated rings. The zero-order valence-electron chi connectivity index (χ0n) is 11.2. The van der Waals surface area contributed by atoms with Crippen molar-refractivity contribution in [3.63, 3.8) is 0 Å². The predicted molar refractivity (Wildman–Crippen MR) is 84.3 cm³/mol. The highest BCUT2D eigenvalue weighted by molar-refractivity contribution is 9.10. The molecule has 0 atom stereocenters. The molecular formula is C15H18BrN3. The third kappa shape index (κ3) is 3.47. The molecule has 1 aromatic carbocycles. The molecule has 0 spiro atoms. The molecule has 0 radical (unpaired) electrons. The van der Waals surface area contributed by atoms with Crippen LogP contribution in [-0.4, -0.2) is 11.5 Å². The number of aromatic nitrogens is 1. The van der Waals surface area contributed by atoms with Gasteiger partial charge in [0.25, 0.3) is 0 Å². The van der Waals surface area contributed by atoms with Gasteiger partial charge < -0.3 is 10.6 Å². The minimum Gasteiger partial charge on any atom is -0.399 e. The highest BCUT2D eigenvalue weighted by Crippen LogP contribution is 2.29. The lowest BCUT2D eigenvalue weighted by atomic mass is 10.2. The molecule has 0 amide bonds. The fourth-order valence-electron chi connectivity index (χ4n) is 2.03. The Morgan fingerprint density at radius 3 is 2.68 bits per heavy atom. The van der Waals surface area contributed by atoms with Crippen molar-refractivity contribution < 1.29 is 0 Å². The normalized spacial score (nSPS) is 10.5. The molecule has 0 saturated heterocycles. The largest absolute Gasteiger partial charge is 0.399 e. The second kappa shape index (κ2) is 6.06. The minimum absolute atomic E-state index is 0.764. The summed E-state index contributed by atoms with van der Waals surface area (Å²) in [5.41, 5.74) is 9.80. The van der Waals surface area contributed by atoms with Crippen molar-refractivity contribution in [3.8, 4) is 0 Å². The second-order valence-electron chi connectivity index (χ2n) is 4.50. The Morgan fingerprint density at radius 1 is 1.26 bits per heavy atom. The van der Waals surface area contributed by atoms with E-state index >= 15 is 0 Å². The topological polar surface area (TPSA) is 42.2 Å². The van der Waals surface area contributed by atoms with Gasteiger partial charge in [0.05, 0.1) is 17.9 Å². The number of nitrogens with zero attached hydrogens (tertiary/aromatic N) is 2. The smallest absolute Gasteiger partial charge is 0.0602 e. The number of halogens is 1. The summed E-state index contributed by atoms with van der Waals surface area (Å²) < 4.78 is 1.02. The summed E-state index contributed by atoms with van der Waals surface area (Å²) in [4.78, 5) is 6.82. The van der Waals surface area contributed by atoms with Crippen molar-refractivity contribution in [2.75, 3.05) is 17.2 Å². The molecule has 100 valence electrons. The number of anilines is 2. The molecule has 0 aliphatic heterocycles. The molecule has 0 unspecified atom stereocenters. The van der Waals surface area contributed by atoms with Crippen molar-refractivity contribution >= 4 is 27.3 Å². The summed E-state index contributed by atoms with van der Waals surface area (Å²) in [5, 5.41) is 0. The maximum absolute atomic E-state index is 5.78. The highest BCUT2D eigenvalue weighted by atomic mass is 79.9. The van der Waals surface area contributed by atoms with Gasteiger partial charge in [-0.3, -0.25) is 4.98 Å². The van der Waals surface area contributed by atoms with Gasteiger partial charge in [0.2, 0.25) is 0 Å². The Morgan fingerprint density at radius 2 is 2.05 bits per heavy atom. The van der Waals surface area contributed by atoms with Crippen molar-refractivity contribution in [2.45, 2.75) is 20.4 Å².